The van der Waals surface area contributed by atoms with Crippen molar-refractivity contribution in [1.29, 1.82) is 0 Å². The van der Waals surface area contributed by atoms with E-state index in [0.717, 1.165) is 18.3 Å². The first-order valence-electron chi connectivity index (χ1n) is 5.98. The molecule has 1 aromatic carbocycles. The predicted molar refractivity (Wildman–Crippen MR) is 68.0 cm³/mol. The van der Waals surface area contributed by atoms with Crippen LogP contribution in [0.25, 0.3) is 0 Å². The quantitative estimate of drug-likeness (QED) is 0.900. The summed E-state index contributed by atoms with van der Waals surface area (Å²) in [4.78, 5) is 4.15. The van der Waals surface area contributed by atoms with Gasteiger partial charge in [0.25, 0.3) is 0 Å². The minimum Gasteiger partial charge on any atom is -0.454 e. The van der Waals surface area contributed by atoms with Gasteiger partial charge in [0, 0.05) is 18.8 Å². The summed E-state index contributed by atoms with van der Waals surface area (Å²) in [6, 6.07) is 7.11. The third-order valence-electron chi connectivity index (χ3n) is 2.49. The van der Waals surface area contributed by atoms with Gasteiger partial charge in [0.15, 0.2) is 11.6 Å². The van der Waals surface area contributed by atoms with E-state index in [9.17, 15) is 8.78 Å². The van der Waals surface area contributed by atoms with Crippen LogP contribution in [0.4, 0.5) is 8.78 Å². The summed E-state index contributed by atoms with van der Waals surface area (Å²) in [7, 11) is 0. The van der Waals surface area contributed by atoms with Crippen LogP contribution in [0.1, 0.15) is 12.6 Å². The molecule has 0 atom stereocenters. The van der Waals surface area contributed by atoms with Gasteiger partial charge in [0.1, 0.15) is 5.75 Å². The summed E-state index contributed by atoms with van der Waals surface area (Å²) in [5.74, 6) is -1.64. The zero-order valence-electron chi connectivity index (χ0n) is 10.5. The van der Waals surface area contributed by atoms with Gasteiger partial charge in [0.2, 0.25) is 5.82 Å². The fraction of sp³-hybridized carbons (Fsp3) is 0.214. The maximum atomic E-state index is 13.5. The van der Waals surface area contributed by atoms with Crippen molar-refractivity contribution in [2.24, 2.45) is 0 Å². The number of aromatic nitrogens is 1. The highest BCUT2D eigenvalue weighted by Gasteiger charge is 2.09. The van der Waals surface area contributed by atoms with Gasteiger partial charge in [-0.3, -0.25) is 4.98 Å². The Morgan fingerprint density at radius 3 is 2.89 bits per heavy atom. The van der Waals surface area contributed by atoms with Crippen molar-refractivity contribution in [3.63, 3.8) is 0 Å². The first-order chi connectivity index (χ1) is 9.20. The standard InChI is InChI=1S/C14H14F2N2O/c1-2-17-9-10-8-11(6-7-18-10)19-13-5-3-4-12(15)14(13)16/h3-8,17H,2,9H2,1H3. The Hall–Kier alpha value is -2.01. The average Bonchev–Trinajstić information content (AvgIpc) is 2.42. The monoisotopic (exact) mass is 264 g/mol. The molecule has 5 heteroatoms. The van der Waals surface area contributed by atoms with Gasteiger partial charge in [-0.2, -0.15) is 4.39 Å². The highest BCUT2D eigenvalue weighted by Crippen LogP contribution is 2.25. The third-order valence-corrected chi connectivity index (χ3v) is 2.49. The van der Waals surface area contributed by atoms with E-state index in [2.05, 4.69) is 10.3 Å². The van der Waals surface area contributed by atoms with E-state index in [1.807, 2.05) is 6.92 Å². The highest BCUT2D eigenvalue weighted by molar-refractivity contribution is 5.32. The second-order valence-corrected chi connectivity index (χ2v) is 3.92. The van der Waals surface area contributed by atoms with Gasteiger partial charge in [-0.05, 0) is 24.7 Å². The molecule has 0 fully saturated rings. The number of hydrogen-bond acceptors (Lipinski definition) is 3. The van der Waals surface area contributed by atoms with Crippen LogP contribution in [-0.4, -0.2) is 11.5 Å². The van der Waals surface area contributed by atoms with Crippen molar-refractivity contribution < 1.29 is 13.5 Å². The van der Waals surface area contributed by atoms with E-state index >= 15 is 0 Å². The van der Waals surface area contributed by atoms with E-state index < -0.39 is 11.6 Å². The van der Waals surface area contributed by atoms with Crippen molar-refractivity contribution in [2.45, 2.75) is 13.5 Å². The lowest BCUT2D eigenvalue weighted by Crippen LogP contribution is -2.12. The molecule has 1 N–H and O–H groups in total. The van der Waals surface area contributed by atoms with Crippen molar-refractivity contribution in [3.05, 3.63) is 53.9 Å². The van der Waals surface area contributed by atoms with Gasteiger partial charge in [-0.25, -0.2) is 4.39 Å². The van der Waals surface area contributed by atoms with Gasteiger partial charge in [-0.1, -0.05) is 13.0 Å². The molecule has 2 rings (SSSR count). The lowest BCUT2D eigenvalue weighted by Gasteiger charge is -2.08. The number of pyridine rings is 1. The van der Waals surface area contributed by atoms with Crippen LogP contribution in [0.15, 0.2) is 36.5 Å². The van der Waals surface area contributed by atoms with Crippen LogP contribution in [0.5, 0.6) is 11.5 Å². The molecule has 2 aromatic rings. The zero-order chi connectivity index (χ0) is 13.7. The zero-order valence-corrected chi connectivity index (χ0v) is 10.5. The number of benzene rings is 1. The molecule has 0 amide bonds. The van der Waals surface area contributed by atoms with Crippen LogP contribution in [0, 0.1) is 11.6 Å². The van der Waals surface area contributed by atoms with E-state index in [4.69, 9.17) is 4.74 Å². The normalized spacial score (nSPS) is 10.5. The number of rotatable bonds is 5. The molecule has 3 nitrogen and oxygen atoms in total. The molecule has 0 aliphatic carbocycles. The lowest BCUT2D eigenvalue weighted by molar-refractivity contribution is 0.415. The lowest BCUT2D eigenvalue weighted by atomic mass is 10.3. The molecular weight excluding hydrogens is 250 g/mol. The molecule has 1 aromatic heterocycles. The van der Waals surface area contributed by atoms with Crippen LogP contribution in [-0.2, 0) is 6.54 Å². The number of nitrogens with zero attached hydrogens (tertiary/aromatic N) is 1. The molecule has 0 aliphatic rings. The maximum absolute atomic E-state index is 13.5. The van der Waals surface area contributed by atoms with Crippen molar-refractivity contribution >= 4 is 0 Å². The topological polar surface area (TPSA) is 34.1 Å². The molecule has 19 heavy (non-hydrogen) atoms. The Balaban J connectivity index is 2.16. The second kappa shape index (κ2) is 6.24. The number of hydrogen-bond donors (Lipinski definition) is 1. The van der Waals surface area contributed by atoms with E-state index in [-0.39, 0.29) is 5.75 Å². The molecule has 0 saturated heterocycles. The van der Waals surface area contributed by atoms with Gasteiger partial charge >= 0.3 is 0 Å². The molecule has 100 valence electrons. The van der Waals surface area contributed by atoms with Crippen molar-refractivity contribution in [1.82, 2.24) is 10.3 Å². The molecule has 1 heterocycles. The first-order valence-corrected chi connectivity index (χ1v) is 5.98. The van der Waals surface area contributed by atoms with Crippen LogP contribution in [0.2, 0.25) is 0 Å². The number of halogens is 2. The maximum Gasteiger partial charge on any atom is 0.201 e. The van der Waals surface area contributed by atoms with Crippen LogP contribution < -0.4 is 10.1 Å². The van der Waals surface area contributed by atoms with E-state index in [1.165, 1.54) is 12.1 Å². The molecule has 0 aliphatic heterocycles. The third kappa shape index (κ3) is 3.48. The Bertz CT molecular complexity index is 561. The Morgan fingerprint density at radius 1 is 1.26 bits per heavy atom. The van der Waals surface area contributed by atoms with Gasteiger partial charge in [-0.15, -0.1) is 0 Å². The molecule has 0 bridgehead atoms. The van der Waals surface area contributed by atoms with Crippen LogP contribution in [0.3, 0.4) is 0 Å². The molecule has 0 unspecified atom stereocenters. The summed E-state index contributed by atoms with van der Waals surface area (Å²) in [5.41, 5.74) is 0.774. The Labute approximate surface area is 110 Å². The summed E-state index contributed by atoms with van der Waals surface area (Å²) in [6.07, 6.45) is 1.57. The minimum atomic E-state index is -0.993. The molecular formula is C14H14F2N2O. The van der Waals surface area contributed by atoms with E-state index in [0.29, 0.717) is 12.3 Å². The van der Waals surface area contributed by atoms with Crippen LogP contribution >= 0.6 is 0 Å². The largest absolute Gasteiger partial charge is 0.454 e. The van der Waals surface area contributed by atoms with Gasteiger partial charge < -0.3 is 10.1 Å². The Kier molecular flexibility index (Phi) is 4.41. The summed E-state index contributed by atoms with van der Waals surface area (Å²) >= 11 is 0. The van der Waals surface area contributed by atoms with Gasteiger partial charge in [0.05, 0.1) is 5.69 Å². The molecule has 0 saturated carbocycles. The first kappa shape index (κ1) is 13.4. The fourth-order valence-corrected chi connectivity index (χ4v) is 1.56. The smallest absolute Gasteiger partial charge is 0.201 e. The second-order valence-electron chi connectivity index (χ2n) is 3.92. The summed E-state index contributed by atoms with van der Waals surface area (Å²) in [6.45, 7) is 3.41. The van der Waals surface area contributed by atoms with Crippen molar-refractivity contribution in [3.8, 4) is 11.5 Å². The van der Waals surface area contributed by atoms with E-state index in [1.54, 1.807) is 18.3 Å². The molecule has 0 spiro atoms. The average molecular weight is 264 g/mol. The Morgan fingerprint density at radius 2 is 2.11 bits per heavy atom. The number of ether oxygens (including phenoxy) is 1. The number of nitrogens with one attached hydrogen (secondary N) is 1. The SMILES string of the molecule is CCNCc1cc(Oc2cccc(F)c2F)ccn1. The highest BCUT2D eigenvalue weighted by atomic mass is 19.2. The summed E-state index contributed by atoms with van der Waals surface area (Å²) < 4.78 is 31.8. The predicted octanol–water partition coefficient (Wildman–Crippen LogP) is 3.26. The minimum absolute atomic E-state index is 0.138. The van der Waals surface area contributed by atoms with Crippen molar-refractivity contribution in [2.75, 3.05) is 6.54 Å². The molecule has 0 radical (unpaired) electrons. The fourth-order valence-electron chi connectivity index (χ4n) is 1.56. The summed E-state index contributed by atoms with van der Waals surface area (Å²) in [5, 5.41) is 3.12.